The fourth-order valence-electron chi connectivity index (χ4n) is 1.89. The zero-order valence-corrected chi connectivity index (χ0v) is 14.3. The minimum absolute atomic E-state index is 0. The fourth-order valence-corrected chi connectivity index (χ4v) is 2.40. The van der Waals surface area contributed by atoms with Crippen molar-refractivity contribution in [3.05, 3.63) is 65.5 Å². The Morgan fingerprint density at radius 2 is 1.35 bits per heavy atom. The van der Waals surface area contributed by atoms with E-state index in [1.165, 1.54) is 0 Å². The largest absolute Gasteiger partial charge is 0.256 e. The summed E-state index contributed by atoms with van der Waals surface area (Å²) in [5.74, 6) is 0. The summed E-state index contributed by atoms with van der Waals surface area (Å²) in [5, 5.41) is 0. The first-order valence-corrected chi connectivity index (χ1v) is 6.63. The van der Waals surface area contributed by atoms with E-state index in [0.717, 1.165) is 27.1 Å². The molecule has 0 aliphatic heterocycles. The summed E-state index contributed by atoms with van der Waals surface area (Å²) in [6.07, 6.45) is 5.30. The average Bonchev–Trinajstić information content (AvgIpc) is 2.49. The normalized spacial score (nSPS) is 9.85. The number of rotatable bonds is 2. The Morgan fingerprint density at radius 1 is 0.700 bits per heavy atom. The molecule has 0 amide bonds. The molecular formula is C15H10BrIrN3. The molecule has 0 bridgehead atoms. The van der Waals surface area contributed by atoms with E-state index in [1.54, 1.807) is 18.6 Å². The second-order valence-electron chi connectivity index (χ2n) is 3.95. The standard InChI is InChI=1S/C15H10BrN3.Ir/c16-11-7-10-19-15(13-6-2-4-9-18-13)14(11)12-5-1-3-8-17-12;/h1-10H;. The van der Waals surface area contributed by atoms with Crippen LogP contribution in [0.1, 0.15) is 0 Å². The Hall–Kier alpha value is -1.42. The van der Waals surface area contributed by atoms with E-state index >= 15 is 0 Å². The van der Waals surface area contributed by atoms with Gasteiger partial charge in [-0.05, 0) is 46.3 Å². The summed E-state index contributed by atoms with van der Waals surface area (Å²) < 4.78 is 0.960. The Bertz CT molecular complexity index is 690. The van der Waals surface area contributed by atoms with Gasteiger partial charge in [0, 0.05) is 48.7 Å². The first-order chi connectivity index (χ1) is 9.36. The van der Waals surface area contributed by atoms with Crippen LogP contribution in [-0.2, 0) is 20.1 Å². The van der Waals surface area contributed by atoms with Crippen molar-refractivity contribution in [2.75, 3.05) is 0 Å². The number of hydrogen-bond acceptors (Lipinski definition) is 3. The van der Waals surface area contributed by atoms with Crippen LogP contribution in [0, 0.1) is 0 Å². The molecule has 3 rings (SSSR count). The van der Waals surface area contributed by atoms with E-state index in [0.29, 0.717) is 0 Å². The quantitative estimate of drug-likeness (QED) is 0.531. The first kappa shape index (κ1) is 15.0. The monoisotopic (exact) mass is 504 g/mol. The Morgan fingerprint density at radius 3 is 1.95 bits per heavy atom. The maximum Gasteiger partial charge on any atom is 0.0991 e. The molecule has 0 spiro atoms. The van der Waals surface area contributed by atoms with Gasteiger partial charge in [-0.15, -0.1) is 0 Å². The smallest absolute Gasteiger partial charge is 0.0991 e. The van der Waals surface area contributed by atoms with Crippen LogP contribution >= 0.6 is 15.9 Å². The minimum Gasteiger partial charge on any atom is -0.256 e. The van der Waals surface area contributed by atoms with Gasteiger partial charge in [0.05, 0.1) is 17.1 Å². The van der Waals surface area contributed by atoms with Crippen LogP contribution in [0.2, 0.25) is 0 Å². The second-order valence-corrected chi connectivity index (χ2v) is 4.80. The molecule has 3 aromatic heterocycles. The summed E-state index contributed by atoms with van der Waals surface area (Å²) in [5.41, 5.74) is 3.50. The fraction of sp³-hybridized carbons (Fsp3) is 0. The van der Waals surface area contributed by atoms with Crippen LogP contribution in [0.3, 0.4) is 0 Å². The van der Waals surface area contributed by atoms with Gasteiger partial charge in [-0.1, -0.05) is 12.1 Å². The number of hydrogen-bond donors (Lipinski definition) is 0. The molecule has 0 saturated heterocycles. The van der Waals surface area contributed by atoms with Gasteiger partial charge in [-0.25, -0.2) is 0 Å². The molecule has 0 saturated carbocycles. The van der Waals surface area contributed by atoms with Gasteiger partial charge in [-0.3, -0.25) is 15.0 Å². The maximum atomic E-state index is 4.45. The van der Waals surface area contributed by atoms with Gasteiger partial charge in [-0.2, -0.15) is 0 Å². The van der Waals surface area contributed by atoms with E-state index in [2.05, 4.69) is 30.9 Å². The van der Waals surface area contributed by atoms with E-state index in [4.69, 9.17) is 0 Å². The molecule has 3 heterocycles. The van der Waals surface area contributed by atoms with Crippen molar-refractivity contribution in [1.29, 1.82) is 0 Å². The molecule has 3 nitrogen and oxygen atoms in total. The number of aromatic nitrogens is 3. The van der Waals surface area contributed by atoms with Crippen LogP contribution in [0.5, 0.6) is 0 Å². The Balaban J connectivity index is 0.00000147. The summed E-state index contributed by atoms with van der Waals surface area (Å²) in [6.45, 7) is 0. The van der Waals surface area contributed by atoms with Gasteiger partial charge >= 0.3 is 0 Å². The van der Waals surface area contributed by atoms with Crippen LogP contribution in [-0.4, -0.2) is 15.0 Å². The van der Waals surface area contributed by atoms with E-state index in [-0.39, 0.29) is 20.1 Å². The van der Waals surface area contributed by atoms with Crippen molar-refractivity contribution in [1.82, 2.24) is 15.0 Å². The molecule has 20 heavy (non-hydrogen) atoms. The van der Waals surface area contributed by atoms with Gasteiger partial charge < -0.3 is 0 Å². The van der Waals surface area contributed by atoms with E-state index in [1.807, 2.05) is 42.5 Å². The Labute approximate surface area is 139 Å². The third-order valence-corrected chi connectivity index (χ3v) is 3.39. The van der Waals surface area contributed by atoms with Gasteiger partial charge in [0.1, 0.15) is 0 Å². The van der Waals surface area contributed by atoms with Gasteiger partial charge in [0.15, 0.2) is 0 Å². The summed E-state index contributed by atoms with van der Waals surface area (Å²) in [7, 11) is 0. The molecule has 0 aliphatic rings. The van der Waals surface area contributed by atoms with E-state index in [9.17, 15) is 0 Å². The summed E-state index contributed by atoms with van der Waals surface area (Å²) >= 11 is 3.57. The first-order valence-electron chi connectivity index (χ1n) is 5.83. The van der Waals surface area contributed by atoms with Gasteiger partial charge in [0.2, 0.25) is 0 Å². The van der Waals surface area contributed by atoms with Crippen molar-refractivity contribution in [2.45, 2.75) is 0 Å². The molecule has 0 atom stereocenters. The molecule has 0 aliphatic carbocycles. The van der Waals surface area contributed by atoms with Crippen molar-refractivity contribution in [3.63, 3.8) is 0 Å². The minimum atomic E-state index is 0. The van der Waals surface area contributed by atoms with Crippen LogP contribution in [0.4, 0.5) is 0 Å². The third kappa shape index (κ3) is 3.01. The second kappa shape index (κ2) is 6.84. The van der Waals surface area contributed by atoms with Crippen molar-refractivity contribution < 1.29 is 20.1 Å². The third-order valence-electron chi connectivity index (χ3n) is 2.73. The summed E-state index contributed by atoms with van der Waals surface area (Å²) in [4.78, 5) is 13.2. The molecular weight excluding hydrogens is 494 g/mol. The molecule has 0 unspecified atom stereocenters. The molecule has 0 N–H and O–H groups in total. The summed E-state index contributed by atoms with van der Waals surface area (Å²) in [6, 6.07) is 13.5. The van der Waals surface area contributed by atoms with Crippen LogP contribution < -0.4 is 0 Å². The average molecular weight is 504 g/mol. The molecule has 0 fully saturated rings. The predicted molar refractivity (Wildman–Crippen MR) is 78.4 cm³/mol. The molecule has 0 aromatic carbocycles. The molecule has 5 heteroatoms. The number of pyridine rings is 3. The van der Waals surface area contributed by atoms with Crippen molar-refractivity contribution in [3.8, 4) is 22.6 Å². The topological polar surface area (TPSA) is 38.7 Å². The molecule has 101 valence electrons. The molecule has 3 aromatic rings. The number of nitrogens with zero attached hydrogens (tertiary/aromatic N) is 3. The van der Waals surface area contributed by atoms with Crippen LogP contribution in [0.15, 0.2) is 65.5 Å². The van der Waals surface area contributed by atoms with E-state index < -0.39 is 0 Å². The zero-order chi connectivity index (χ0) is 13.1. The van der Waals surface area contributed by atoms with Crippen molar-refractivity contribution in [2.24, 2.45) is 0 Å². The molecule has 1 radical (unpaired) electrons. The predicted octanol–water partition coefficient (Wildman–Crippen LogP) is 3.97. The van der Waals surface area contributed by atoms with Gasteiger partial charge in [0.25, 0.3) is 0 Å². The van der Waals surface area contributed by atoms with Crippen LogP contribution in [0.25, 0.3) is 22.6 Å². The zero-order valence-electron chi connectivity index (χ0n) is 10.3. The number of halogens is 1. The maximum absolute atomic E-state index is 4.45. The SMILES string of the molecule is Brc1ccnc(-c2ccccn2)c1-c1ccccn1.[Ir]. The Kier molecular flexibility index (Phi) is 5.12. The van der Waals surface area contributed by atoms with Crippen molar-refractivity contribution >= 4 is 15.9 Å².